The molecule has 1 saturated heterocycles. The Labute approximate surface area is 151 Å². The van der Waals surface area contributed by atoms with E-state index in [1.807, 2.05) is 6.92 Å². The van der Waals surface area contributed by atoms with Gasteiger partial charge in [0.15, 0.2) is 0 Å². The van der Waals surface area contributed by atoms with Crippen LogP contribution in [0.4, 0.5) is 0 Å². The van der Waals surface area contributed by atoms with Crippen LogP contribution in [0, 0.1) is 0 Å². The van der Waals surface area contributed by atoms with E-state index in [0.29, 0.717) is 19.4 Å². The highest BCUT2D eigenvalue weighted by atomic mass is 16.2. The fourth-order valence-electron chi connectivity index (χ4n) is 4.04. The fraction of sp³-hybridized carbons (Fsp3) is 0.619. The first-order valence-corrected chi connectivity index (χ1v) is 9.72. The molecule has 1 aromatic carbocycles. The van der Waals surface area contributed by atoms with Crippen molar-refractivity contribution in [2.24, 2.45) is 0 Å². The van der Waals surface area contributed by atoms with Gasteiger partial charge in [-0.3, -0.25) is 9.59 Å². The van der Waals surface area contributed by atoms with Gasteiger partial charge in [-0.2, -0.15) is 0 Å². The lowest BCUT2D eigenvalue weighted by Gasteiger charge is -2.36. The standard InChI is InChI=1S/C21H30N2O2/c1-3-16-9-11-17(12-10-16)15-23-19(24)13-14-21(23,2)20(25)22-18-7-5-4-6-8-18/h9-12,18H,3-8,13-15H2,1-2H3,(H,22,25). The maximum Gasteiger partial charge on any atom is 0.245 e. The summed E-state index contributed by atoms with van der Waals surface area (Å²) in [7, 11) is 0. The molecule has 2 fully saturated rings. The van der Waals surface area contributed by atoms with Crippen molar-refractivity contribution < 1.29 is 9.59 Å². The van der Waals surface area contributed by atoms with Crippen molar-refractivity contribution in [3.63, 3.8) is 0 Å². The Morgan fingerprint density at radius 3 is 2.44 bits per heavy atom. The van der Waals surface area contributed by atoms with Crippen molar-refractivity contribution in [3.8, 4) is 0 Å². The minimum atomic E-state index is -0.724. The van der Waals surface area contributed by atoms with Gasteiger partial charge in [0.05, 0.1) is 0 Å². The van der Waals surface area contributed by atoms with Crippen molar-refractivity contribution in [2.75, 3.05) is 0 Å². The molecule has 0 bridgehead atoms. The summed E-state index contributed by atoms with van der Waals surface area (Å²) in [5, 5.41) is 3.22. The minimum Gasteiger partial charge on any atom is -0.351 e. The number of nitrogens with one attached hydrogen (secondary N) is 1. The summed E-state index contributed by atoms with van der Waals surface area (Å²) < 4.78 is 0. The molecule has 2 aliphatic rings. The molecule has 4 heteroatoms. The van der Waals surface area contributed by atoms with Gasteiger partial charge in [0.25, 0.3) is 0 Å². The van der Waals surface area contributed by atoms with E-state index in [2.05, 4.69) is 36.5 Å². The SMILES string of the molecule is CCc1ccc(CN2C(=O)CCC2(C)C(=O)NC2CCCCC2)cc1. The van der Waals surface area contributed by atoms with Crippen LogP contribution in [0.1, 0.15) is 69.9 Å². The van der Waals surface area contributed by atoms with E-state index in [0.717, 1.165) is 24.8 Å². The number of aryl methyl sites for hydroxylation is 1. The van der Waals surface area contributed by atoms with Crippen molar-refractivity contribution in [1.82, 2.24) is 10.2 Å². The first-order chi connectivity index (χ1) is 12.0. The highest BCUT2D eigenvalue weighted by Gasteiger charge is 2.47. The first-order valence-electron chi connectivity index (χ1n) is 9.72. The van der Waals surface area contributed by atoms with Crippen LogP contribution in [-0.4, -0.2) is 28.3 Å². The second-order valence-electron chi connectivity index (χ2n) is 7.73. The van der Waals surface area contributed by atoms with Gasteiger partial charge in [0.2, 0.25) is 11.8 Å². The molecular weight excluding hydrogens is 312 g/mol. The predicted molar refractivity (Wildman–Crippen MR) is 99.0 cm³/mol. The summed E-state index contributed by atoms with van der Waals surface area (Å²) in [6.07, 6.45) is 7.84. The largest absolute Gasteiger partial charge is 0.351 e. The van der Waals surface area contributed by atoms with E-state index in [4.69, 9.17) is 0 Å². The van der Waals surface area contributed by atoms with E-state index in [1.165, 1.54) is 24.8 Å². The zero-order chi connectivity index (χ0) is 17.9. The zero-order valence-corrected chi connectivity index (χ0v) is 15.5. The Hall–Kier alpha value is -1.84. The molecule has 0 aromatic heterocycles. The van der Waals surface area contributed by atoms with Crippen LogP contribution in [0.3, 0.4) is 0 Å². The molecule has 136 valence electrons. The number of likely N-dealkylation sites (tertiary alicyclic amines) is 1. The van der Waals surface area contributed by atoms with E-state index >= 15 is 0 Å². The second kappa shape index (κ2) is 7.59. The third-order valence-electron chi connectivity index (χ3n) is 5.92. The number of hydrogen-bond donors (Lipinski definition) is 1. The molecule has 3 rings (SSSR count). The topological polar surface area (TPSA) is 49.4 Å². The minimum absolute atomic E-state index is 0.0235. The second-order valence-corrected chi connectivity index (χ2v) is 7.73. The molecule has 1 aromatic rings. The maximum absolute atomic E-state index is 13.0. The van der Waals surface area contributed by atoms with Crippen molar-refractivity contribution >= 4 is 11.8 Å². The lowest BCUT2D eigenvalue weighted by Crippen LogP contribution is -2.56. The third-order valence-corrected chi connectivity index (χ3v) is 5.92. The van der Waals surface area contributed by atoms with Gasteiger partial charge >= 0.3 is 0 Å². The smallest absolute Gasteiger partial charge is 0.245 e. The van der Waals surface area contributed by atoms with Crippen LogP contribution in [0.25, 0.3) is 0 Å². The van der Waals surface area contributed by atoms with Gasteiger partial charge in [-0.05, 0) is 43.7 Å². The molecule has 1 N–H and O–H groups in total. The molecule has 4 nitrogen and oxygen atoms in total. The Morgan fingerprint density at radius 2 is 1.80 bits per heavy atom. The number of carbonyl (C=O) groups excluding carboxylic acids is 2. The maximum atomic E-state index is 13.0. The van der Waals surface area contributed by atoms with Gasteiger partial charge in [0, 0.05) is 19.0 Å². The molecule has 0 radical (unpaired) electrons. The van der Waals surface area contributed by atoms with E-state index in [1.54, 1.807) is 4.90 Å². The van der Waals surface area contributed by atoms with Gasteiger partial charge < -0.3 is 10.2 Å². The van der Waals surface area contributed by atoms with Crippen LogP contribution >= 0.6 is 0 Å². The van der Waals surface area contributed by atoms with Crippen LogP contribution < -0.4 is 5.32 Å². The van der Waals surface area contributed by atoms with Gasteiger partial charge in [0.1, 0.15) is 5.54 Å². The number of hydrogen-bond acceptors (Lipinski definition) is 2. The average molecular weight is 342 g/mol. The normalized spacial score (nSPS) is 24.6. The van der Waals surface area contributed by atoms with Crippen LogP contribution in [0.2, 0.25) is 0 Å². The third kappa shape index (κ3) is 3.88. The zero-order valence-electron chi connectivity index (χ0n) is 15.5. The molecule has 0 spiro atoms. The van der Waals surface area contributed by atoms with Crippen LogP contribution in [-0.2, 0) is 22.6 Å². The average Bonchev–Trinajstić information content (AvgIpc) is 2.93. The summed E-state index contributed by atoms with van der Waals surface area (Å²) in [5.74, 6) is 0.108. The molecule has 1 aliphatic heterocycles. The summed E-state index contributed by atoms with van der Waals surface area (Å²) in [6.45, 7) is 4.57. The summed E-state index contributed by atoms with van der Waals surface area (Å²) >= 11 is 0. The number of amides is 2. The monoisotopic (exact) mass is 342 g/mol. The first kappa shape index (κ1) is 18.0. The van der Waals surface area contributed by atoms with Crippen LogP contribution in [0.5, 0.6) is 0 Å². The van der Waals surface area contributed by atoms with E-state index in [9.17, 15) is 9.59 Å². The Morgan fingerprint density at radius 1 is 1.16 bits per heavy atom. The molecular formula is C21H30N2O2. The molecule has 1 atom stereocenters. The molecule has 25 heavy (non-hydrogen) atoms. The summed E-state index contributed by atoms with van der Waals surface area (Å²) in [6, 6.07) is 8.64. The molecule has 1 heterocycles. The quantitative estimate of drug-likeness (QED) is 0.889. The molecule has 1 aliphatic carbocycles. The van der Waals surface area contributed by atoms with Gasteiger partial charge in [-0.15, -0.1) is 0 Å². The summed E-state index contributed by atoms with van der Waals surface area (Å²) in [4.78, 5) is 27.2. The Balaban J connectivity index is 1.71. The van der Waals surface area contributed by atoms with Crippen molar-refractivity contribution in [3.05, 3.63) is 35.4 Å². The number of nitrogens with zero attached hydrogens (tertiary/aromatic N) is 1. The summed E-state index contributed by atoms with van der Waals surface area (Å²) in [5.41, 5.74) is 1.65. The number of rotatable bonds is 5. The fourth-order valence-corrected chi connectivity index (χ4v) is 4.04. The molecule has 1 saturated carbocycles. The van der Waals surface area contributed by atoms with E-state index in [-0.39, 0.29) is 17.9 Å². The Bertz CT molecular complexity index is 619. The van der Waals surface area contributed by atoms with Gasteiger partial charge in [-0.25, -0.2) is 0 Å². The van der Waals surface area contributed by atoms with Gasteiger partial charge in [-0.1, -0.05) is 50.5 Å². The van der Waals surface area contributed by atoms with E-state index < -0.39 is 5.54 Å². The van der Waals surface area contributed by atoms with Crippen molar-refractivity contribution in [1.29, 1.82) is 0 Å². The highest BCUT2D eigenvalue weighted by Crippen LogP contribution is 2.32. The van der Waals surface area contributed by atoms with Crippen molar-refractivity contribution in [2.45, 2.75) is 83.3 Å². The lowest BCUT2D eigenvalue weighted by molar-refractivity contribution is -0.141. The lowest BCUT2D eigenvalue weighted by atomic mass is 9.92. The number of benzene rings is 1. The van der Waals surface area contributed by atoms with Crippen LogP contribution in [0.15, 0.2) is 24.3 Å². The number of carbonyl (C=O) groups is 2. The highest BCUT2D eigenvalue weighted by molar-refractivity contribution is 5.94. The Kier molecular flexibility index (Phi) is 5.45. The molecule has 1 unspecified atom stereocenters. The predicted octanol–water partition coefficient (Wildman–Crippen LogP) is 3.58. The molecule has 2 amide bonds.